The molecular weight excluding hydrogens is 204 g/mol. The predicted octanol–water partition coefficient (Wildman–Crippen LogP) is 3.41. The maximum Gasteiger partial charge on any atom is 0.0476 e. The van der Waals surface area contributed by atoms with Gasteiger partial charge in [0.25, 0.3) is 0 Å². The predicted molar refractivity (Wildman–Crippen MR) is 66.3 cm³/mol. The first-order valence-corrected chi connectivity index (χ1v) is 6.65. The van der Waals surface area contributed by atoms with Crippen LogP contribution in [-0.2, 0) is 10.5 Å². The van der Waals surface area contributed by atoms with E-state index in [0.29, 0.717) is 0 Å². The summed E-state index contributed by atoms with van der Waals surface area (Å²) in [6, 6.07) is 8.67. The molecule has 0 radical (unpaired) electrons. The van der Waals surface area contributed by atoms with E-state index in [1.165, 1.54) is 24.0 Å². The lowest BCUT2D eigenvalue weighted by molar-refractivity contribution is 0.1000. The molecule has 1 aliphatic heterocycles. The van der Waals surface area contributed by atoms with Crippen molar-refractivity contribution in [3.63, 3.8) is 0 Å². The van der Waals surface area contributed by atoms with Gasteiger partial charge < -0.3 is 4.74 Å². The Morgan fingerprint density at radius 1 is 1.27 bits per heavy atom. The molecule has 0 N–H and O–H groups in total. The van der Waals surface area contributed by atoms with Crippen LogP contribution in [0.1, 0.15) is 24.0 Å². The molecule has 0 bridgehead atoms. The Morgan fingerprint density at radius 3 is 2.73 bits per heavy atom. The van der Waals surface area contributed by atoms with Crippen LogP contribution in [0.2, 0.25) is 0 Å². The summed E-state index contributed by atoms with van der Waals surface area (Å²) in [5, 5.41) is 0.804. The third-order valence-corrected chi connectivity index (χ3v) is 4.32. The molecule has 0 aromatic heterocycles. The summed E-state index contributed by atoms with van der Waals surface area (Å²) in [5.41, 5.74) is 2.89. The molecule has 1 aliphatic rings. The molecule has 1 aromatic rings. The van der Waals surface area contributed by atoms with Crippen molar-refractivity contribution >= 4 is 11.8 Å². The molecular formula is C13H18OS. The van der Waals surface area contributed by atoms with Gasteiger partial charge in [-0.1, -0.05) is 24.3 Å². The fraction of sp³-hybridized carbons (Fsp3) is 0.538. The highest BCUT2D eigenvalue weighted by molar-refractivity contribution is 7.99. The fourth-order valence-corrected chi connectivity index (χ4v) is 3.09. The van der Waals surface area contributed by atoms with Crippen molar-refractivity contribution < 1.29 is 4.74 Å². The second kappa shape index (κ2) is 5.57. The van der Waals surface area contributed by atoms with Gasteiger partial charge in [-0.3, -0.25) is 0 Å². The summed E-state index contributed by atoms with van der Waals surface area (Å²) in [7, 11) is 0. The zero-order valence-corrected chi connectivity index (χ0v) is 10.1. The minimum absolute atomic E-state index is 0.804. The third kappa shape index (κ3) is 3.25. The van der Waals surface area contributed by atoms with Crippen LogP contribution in [0.25, 0.3) is 0 Å². The SMILES string of the molecule is Cc1ccccc1CSC1CCOCC1. The second-order valence-corrected chi connectivity index (χ2v) is 5.34. The molecule has 0 aliphatic carbocycles. The van der Waals surface area contributed by atoms with Crippen LogP contribution in [0, 0.1) is 6.92 Å². The first-order chi connectivity index (χ1) is 7.36. The minimum Gasteiger partial charge on any atom is -0.381 e. The number of rotatable bonds is 3. The van der Waals surface area contributed by atoms with Crippen molar-refractivity contribution in [2.75, 3.05) is 13.2 Å². The average Bonchev–Trinajstić information content (AvgIpc) is 2.29. The van der Waals surface area contributed by atoms with Gasteiger partial charge in [-0.2, -0.15) is 11.8 Å². The highest BCUT2D eigenvalue weighted by Gasteiger charge is 2.14. The van der Waals surface area contributed by atoms with Crippen molar-refractivity contribution in [1.29, 1.82) is 0 Å². The third-order valence-electron chi connectivity index (χ3n) is 2.90. The average molecular weight is 222 g/mol. The number of aryl methyl sites for hydroxylation is 1. The van der Waals surface area contributed by atoms with Crippen molar-refractivity contribution in [3.05, 3.63) is 35.4 Å². The van der Waals surface area contributed by atoms with Gasteiger partial charge in [-0.25, -0.2) is 0 Å². The topological polar surface area (TPSA) is 9.23 Å². The van der Waals surface area contributed by atoms with Gasteiger partial charge in [0.1, 0.15) is 0 Å². The zero-order chi connectivity index (χ0) is 10.5. The van der Waals surface area contributed by atoms with E-state index in [1.54, 1.807) is 0 Å². The molecule has 82 valence electrons. The Balaban J connectivity index is 1.84. The Bertz CT molecular complexity index is 305. The highest BCUT2D eigenvalue weighted by Crippen LogP contribution is 2.26. The molecule has 0 spiro atoms. The molecule has 0 unspecified atom stereocenters. The van der Waals surface area contributed by atoms with Crippen LogP contribution in [0.4, 0.5) is 0 Å². The molecule has 15 heavy (non-hydrogen) atoms. The molecule has 1 heterocycles. The highest BCUT2D eigenvalue weighted by atomic mass is 32.2. The maximum absolute atomic E-state index is 5.36. The molecule has 1 saturated heterocycles. The number of hydrogen-bond acceptors (Lipinski definition) is 2. The molecule has 1 nitrogen and oxygen atoms in total. The van der Waals surface area contributed by atoms with E-state index in [1.807, 2.05) is 0 Å². The lowest BCUT2D eigenvalue weighted by Crippen LogP contribution is -2.17. The van der Waals surface area contributed by atoms with Crippen molar-refractivity contribution in [2.24, 2.45) is 0 Å². The second-order valence-electron chi connectivity index (χ2n) is 4.05. The molecule has 0 atom stereocenters. The van der Waals surface area contributed by atoms with Gasteiger partial charge in [-0.05, 0) is 30.9 Å². The number of hydrogen-bond donors (Lipinski definition) is 0. The molecule has 1 fully saturated rings. The largest absolute Gasteiger partial charge is 0.381 e. The Morgan fingerprint density at radius 2 is 2.00 bits per heavy atom. The minimum atomic E-state index is 0.804. The van der Waals surface area contributed by atoms with Crippen LogP contribution in [-0.4, -0.2) is 18.5 Å². The van der Waals surface area contributed by atoms with Crippen molar-refractivity contribution in [3.8, 4) is 0 Å². The van der Waals surface area contributed by atoms with E-state index in [0.717, 1.165) is 24.2 Å². The van der Waals surface area contributed by atoms with Crippen LogP contribution in [0.3, 0.4) is 0 Å². The van der Waals surface area contributed by atoms with Crippen LogP contribution < -0.4 is 0 Å². The number of benzene rings is 1. The van der Waals surface area contributed by atoms with Crippen molar-refractivity contribution in [2.45, 2.75) is 30.8 Å². The fourth-order valence-electron chi connectivity index (χ4n) is 1.82. The summed E-state index contributed by atoms with van der Waals surface area (Å²) < 4.78 is 5.36. The van der Waals surface area contributed by atoms with E-state index in [-0.39, 0.29) is 0 Å². The number of ether oxygens (including phenoxy) is 1. The van der Waals surface area contributed by atoms with Gasteiger partial charge in [0.15, 0.2) is 0 Å². The molecule has 1 aromatic carbocycles. The Labute approximate surface area is 96.2 Å². The maximum atomic E-state index is 5.36. The first-order valence-electron chi connectivity index (χ1n) is 5.60. The van der Waals surface area contributed by atoms with Gasteiger partial charge in [0.05, 0.1) is 0 Å². The first kappa shape index (κ1) is 11.0. The van der Waals surface area contributed by atoms with Gasteiger partial charge in [0, 0.05) is 24.2 Å². The van der Waals surface area contributed by atoms with Crippen LogP contribution in [0.15, 0.2) is 24.3 Å². The summed E-state index contributed by atoms with van der Waals surface area (Å²) in [5.74, 6) is 1.15. The smallest absolute Gasteiger partial charge is 0.0476 e. The number of thioether (sulfide) groups is 1. The van der Waals surface area contributed by atoms with E-state index in [2.05, 4.69) is 43.0 Å². The monoisotopic (exact) mass is 222 g/mol. The van der Waals surface area contributed by atoms with E-state index in [4.69, 9.17) is 4.74 Å². The van der Waals surface area contributed by atoms with Crippen molar-refractivity contribution in [1.82, 2.24) is 0 Å². The van der Waals surface area contributed by atoms with E-state index >= 15 is 0 Å². The molecule has 2 rings (SSSR count). The molecule has 2 heteroatoms. The van der Waals surface area contributed by atoms with E-state index in [9.17, 15) is 0 Å². The van der Waals surface area contributed by atoms with Gasteiger partial charge in [0.2, 0.25) is 0 Å². The van der Waals surface area contributed by atoms with Gasteiger partial charge >= 0.3 is 0 Å². The van der Waals surface area contributed by atoms with E-state index < -0.39 is 0 Å². The quantitative estimate of drug-likeness (QED) is 0.775. The summed E-state index contributed by atoms with van der Waals surface area (Å²) in [6.07, 6.45) is 2.44. The van der Waals surface area contributed by atoms with Crippen LogP contribution >= 0.6 is 11.8 Å². The van der Waals surface area contributed by atoms with Gasteiger partial charge in [-0.15, -0.1) is 0 Å². The summed E-state index contributed by atoms with van der Waals surface area (Å²) in [4.78, 5) is 0. The lowest BCUT2D eigenvalue weighted by Gasteiger charge is -2.21. The van der Waals surface area contributed by atoms with Crippen LogP contribution in [0.5, 0.6) is 0 Å². The summed E-state index contributed by atoms with van der Waals surface area (Å²) in [6.45, 7) is 4.09. The summed E-state index contributed by atoms with van der Waals surface area (Å²) >= 11 is 2.08. The Hall–Kier alpha value is -0.470. The molecule has 0 amide bonds. The lowest BCUT2D eigenvalue weighted by atomic mass is 10.1. The Kier molecular flexibility index (Phi) is 4.09. The zero-order valence-electron chi connectivity index (χ0n) is 9.24. The normalized spacial score (nSPS) is 17.9. The molecule has 0 saturated carbocycles. The standard InChI is InChI=1S/C13H18OS/c1-11-4-2-3-5-12(11)10-15-13-6-8-14-9-7-13/h2-5,13H,6-10H2,1H3.